The van der Waals surface area contributed by atoms with E-state index in [9.17, 15) is 18.7 Å². The SMILES string of the molecule is O=c1c(OCC2(CO)CC2)c(N2CCNCC2)cnn1-c1cc(F)cc(F)c1. The van der Waals surface area contributed by atoms with E-state index >= 15 is 0 Å². The highest BCUT2D eigenvalue weighted by molar-refractivity contribution is 5.57. The second-order valence-electron chi connectivity index (χ2n) is 7.39. The zero-order chi connectivity index (χ0) is 19.7. The Morgan fingerprint density at radius 1 is 1.18 bits per heavy atom. The van der Waals surface area contributed by atoms with Crippen LogP contribution in [0.25, 0.3) is 5.69 Å². The van der Waals surface area contributed by atoms with Crippen LogP contribution in [0, 0.1) is 17.0 Å². The van der Waals surface area contributed by atoms with Crippen molar-refractivity contribution in [3.63, 3.8) is 0 Å². The minimum atomic E-state index is -0.797. The first-order valence-corrected chi connectivity index (χ1v) is 9.29. The normalized spacial score (nSPS) is 18.2. The zero-order valence-corrected chi connectivity index (χ0v) is 15.3. The highest BCUT2D eigenvalue weighted by Gasteiger charge is 2.43. The van der Waals surface area contributed by atoms with Crippen LogP contribution in [0.4, 0.5) is 14.5 Å². The number of aromatic nitrogens is 2. The third-order valence-electron chi connectivity index (χ3n) is 5.28. The topological polar surface area (TPSA) is 79.6 Å². The van der Waals surface area contributed by atoms with Crippen LogP contribution in [0.1, 0.15) is 12.8 Å². The lowest BCUT2D eigenvalue weighted by Crippen LogP contribution is -2.44. The number of anilines is 1. The van der Waals surface area contributed by atoms with E-state index in [0.29, 0.717) is 18.8 Å². The molecule has 28 heavy (non-hydrogen) atoms. The molecule has 0 atom stereocenters. The lowest BCUT2D eigenvalue weighted by atomic mass is 10.1. The van der Waals surface area contributed by atoms with Crippen molar-refractivity contribution in [1.29, 1.82) is 0 Å². The summed E-state index contributed by atoms with van der Waals surface area (Å²) in [5.41, 5.74) is -0.364. The number of rotatable bonds is 6. The average Bonchev–Trinajstić information content (AvgIpc) is 3.47. The number of benzene rings is 1. The molecule has 2 N–H and O–H groups in total. The van der Waals surface area contributed by atoms with Crippen LogP contribution in [-0.2, 0) is 0 Å². The maximum atomic E-state index is 13.6. The molecule has 2 heterocycles. The minimum absolute atomic E-state index is 0.00957. The Morgan fingerprint density at radius 2 is 1.86 bits per heavy atom. The van der Waals surface area contributed by atoms with E-state index in [2.05, 4.69) is 10.4 Å². The molecule has 150 valence electrons. The van der Waals surface area contributed by atoms with Crippen molar-refractivity contribution in [2.45, 2.75) is 12.8 Å². The van der Waals surface area contributed by atoms with Crippen molar-refractivity contribution in [1.82, 2.24) is 15.1 Å². The standard InChI is InChI=1S/C19H22F2N4O3/c20-13-7-14(21)9-15(8-13)25-18(27)17(28-12-19(11-26)1-2-19)16(10-23-25)24-5-3-22-4-6-24/h7-10,22,26H,1-6,11-12H2. The molecule has 1 saturated heterocycles. The van der Waals surface area contributed by atoms with E-state index in [1.165, 1.54) is 6.20 Å². The van der Waals surface area contributed by atoms with Gasteiger partial charge in [-0.3, -0.25) is 4.79 Å². The molecule has 0 radical (unpaired) electrons. The van der Waals surface area contributed by atoms with Gasteiger partial charge in [0.25, 0.3) is 0 Å². The van der Waals surface area contributed by atoms with Crippen LogP contribution < -0.4 is 20.5 Å². The molecule has 1 aromatic heterocycles. The predicted molar refractivity (Wildman–Crippen MR) is 99.1 cm³/mol. The molecule has 2 fully saturated rings. The number of ether oxygens (including phenoxy) is 1. The molecule has 4 rings (SSSR count). The lowest BCUT2D eigenvalue weighted by molar-refractivity contribution is 0.145. The summed E-state index contributed by atoms with van der Waals surface area (Å²) in [6.07, 6.45) is 3.16. The molecule has 0 amide bonds. The van der Waals surface area contributed by atoms with Gasteiger partial charge in [0.2, 0.25) is 5.75 Å². The Labute approximate surface area is 160 Å². The number of hydrogen-bond acceptors (Lipinski definition) is 6. The molecule has 0 bridgehead atoms. The van der Waals surface area contributed by atoms with Crippen LogP contribution in [0.2, 0.25) is 0 Å². The first-order chi connectivity index (χ1) is 13.5. The van der Waals surface area contributed by atoms with Crippen LogP contribution >= 0.6 is 0 Å². The number of nitrogens with one attached hydrogen (secondary N) is 1. The quantitative estimate of drug-likeness (QED) is 0.766. The average molecular weight is 392 g/mol. The highest BCUT2D eigenvalue weighted by atomic mass is 19.1. The van der Waals surface area contributed by atoms with Gasteiger partial charge < -0.3 is 20.1 Å². The van der Waals surface area contributed by atoms with Crippen LogP contribution in [0.5, 0.6) is 5.75 Å². The van der Waals surface area contributed by atoms with Gasteiger partial charge in [0.1, 0.15) is 17.3 Å². The number of halogens is 2. The van der Waals surface area contributed by atoms with Crippen molar-refractivity contribution in [2.24, 2.45) is 5.41 Å². The molecule has 7 nitrogen and oxygen atoms in total. The molecule has 2 aromatic rings. The van der Waals surface area contributed by atoms with Gasteiger partial charge in [-0.1, -0.05) is 0 Å². The van der Waals surface area contributed by atoms with E-state index in [0.717, 1.165) is 48.8 Å². The van der Waals surface area contributed by atoms with Crippen molar-refractivity contribution < 1.29 is 18.6 Å². The van der Waals surface area contributed by atoms with Crippen molar-refractivity contribution in [3.05, 3.63) is 46.4 Å². The summed E-state index contributed by atoms with van der Waals surface area (Å²) in [4.78, 5) is 15.1. The Bertz CT molecular complexity index is 904. The van der Waals surface area contributed by atoms with E-state index in [1.54, 1.807) is 0 Å². The third-order valence-corrected chi connectivity index (χ3v) is 5.28. The minimum Gasteiger partial charge on any atom is -0.486 e. The molecule has 1 saturated carbocycles. The molecular weight excluding hydrogens is 370 g/mol. The van der Waals surface area contributed by atoms with E-state index in [4.69, 9.17) is 4.74 Å². The third kappa shape index (κ3) is 3.72. The molecule has 0 spiro atoms. The zero-order valence-electron chi connectivity index (χ0n) is 15.3. The molecule has 0 unspecified atom stereocenters. The molecule has 1 aliphatic heterocycles. The first kappa shape index (κ1) is 18.8. The largest absolute Gasteiger partial charge is 0.486 e. The molecule has 1 aromatic carbocycles. The summed E-state index contributed by atoms with van der Waals surface area (Å²) in [6.45, 7) is 3.09. The summed E-state index contributed by atoms with van der Waals surface area (Å²) in [5, 5.41) is 16.9. The fraction of sp³-hybridized carbons (Fsp3) is 0.474. The molecular formula is C19H22F2N4O3. The summed E-state index contributed by atoms with van der Waals surface area (Å²) in [7, 11) is 0. The first-order valence-electron chi connectivity index (χ1n) is 9.29. The second kappa shape index (κ2) is 7.48. The second-order valence-corrected chi connectivity index (χ2v) is 7.39. The Morgan fingerprint density at radius 3 is 2.46 bits per heavy atom. The van der Waals surface area contributed by atoms with Gasteiger partial charge in [-0.15, -0.1) is 0 Å². The van der Waals surface area contributed by atoms with E-state index < -0.39 is 17.2 Å². The van der Waals surface area contributed by atoms with Crippen LogP contribution in [0.3, 0.4) is 0 Å². The number of aliphatic hydroxyl groups is 1. The highest BCUT2D eigenvalue weighted by Crippen LogP contribution is 2.45. The fourth-order valence-electron chi connectivity index (χ4n) is 3.29. The van der Waals surface area contributed by atoms with E-state index in [1.807, 2.05) is 4.90 Å². The van der Waals surface area contributed by atoms with Gasteiger partial charge in [0.15, 0.2) is 0 Å². The van der Waals surface area contributed by atoms with Crippen molar-refractivity contribution in [2.75, 3.05) is 44.3 Å². The van der Waals surface area contributed by atoms with Crippen molar-refractivity contribution >= 4 is 5.69 Å². The molecule has 9 heteroatoms. The number of piperazine rings is 1. The molecule has 1 aliphatic carbocycles. The molecule has 2 aliphatic rings. The number of hydrogen-bond donors (Lipinski definition) is 2. The van der Waals surface area contributed by atoms with Crippen molar-refractivity contribution in [3.8, 4) is 11.4 Å². The lowest BCUT2D eigenvalue weighted by Gasteiger charge is -2.30. The fourth-order valence-corrected chi connectivity index (χ4v) is 3.29. The summed E-state index contributed by atoms with van der Waals surface area (Å²) >= 11 is 0. The summed E-state index contributed by atoms with van der Waals surface area (Å²) in [5.74, 6) is -1.51. The Kier molecular flexibility index (Phi) is 5.03. The van der Waals surface area contributed by atoms with Gasteiger partial charge in [-0.05, 0) is 25.0 Å². The Balaban J connectivity index is 1.74. The Hall–Kier alpha value is -2.52. The van der Waals surface area contributed by atoms with Gasteiger partial charge in [0, 0.05) is 37.7 Å². The number of nitrogens with zero attached hydrogens (tertiary/aromatic N) is 3. The maximum Gasteiger partial charge on any atom is 0.316 e. The number of aliphatic hydroxyl groups excluding tert-OH is 1. The van der Waals surface area contributed by atoms with Crippen LogP contribution in [0.15, 0.2) is 29.2 Å². The van der Waals surface area contributed by atoms with Gasteiger partial charge >= 0.3 is 5.56 Å². The van der Waals surface area contributed by atoms with Gasteiger partial charge in [0.05, 0.1) is 25.1 Å². The van der Waals surface area contributed by atoms with E-state index in [-0.39, 0.29) is 30.1 Å². The summed E-state index contributed by atoms with van der Waals surface area (Å²) in [6, 6.07) is 2.82. The van der Waals surface area contributed by atoms with Gasteiger partial charge in [-0.2, -0.15) is 9.78 Å². The summed E-state index contributed by atoms with van der Waals surface area (Å²) < 4.78 is 34.0. The smallest absolute Gasteiger partial charge is 0.316 e. The monoisotopic (exact) mass is 392 g/mol. The predicted octanol–water partition coefficient (Wildman–Crippen LogP) is 1.07. The van der Waals surface area contributed by atoms with Gasteiger partial charge in [-0.25, -0.2) is 8.78 Å². The maximum absolute atomic E-state index is 13.6. The van der Waals surface area contributed by atoms with Crippen LogP contribution in [-0.4, -0.2) is 54.3 Å².